The Labute approximate surface area is 90.4 Å². The third-order valence-corrected chi connectivity index (χ3v) is 1.85. The number of nitrogens with two attached hydrogens (primary N) is 2. The van der Waals surface area contributed by atoms with Gasteiger partial charge < -0.3 is 11.5 Å². The van der Waals surface area contributed by atoms with Gasteiger partial charge in [-0.25, -0.2) is 0 Å². The van der Waals surface area contributed by atoms with Crippen molar-refractivity contribution >= 4 is 23.5 Å². The molecule has 0 bridgehead atoms. The molecule has 2 aromatic heterocycles. The number of hydrogen-bond acceptors (Lipinski definition) is 6. The summed E-state index contributed by atoms with van der Waals surface area (Å²) in [5.41, 5.74) is 11.4. The van der Waals surface area contributed by atoms with Gasteiger partial charge in [0.15, 0.2) is 5.82 Å². The third kappa shape index (κ3) is 2.10. The number of hydrogen-bond donors (Lipinski definition) is 2. The molecular weight excluding hydrogens is 216 g/mol. The van der Waals surface area contributed by atoms with Crippen molar-refractivity contribution in [2.75, 3.05) is 11.5 Å². The smallest absolute Gasteiger partial charge is 0.225 e. The van der Waals surface area contributed by atoms with Crippen molar-refractivity contribution in [3.05, 3.63) is 23.4 Å². The third-order valence-electron chi connectivity index (χ3n) is 1.63. The van der Waals surface area contributed by atoms with E-state index in [1.165, 1.54) is 6.20 Å². The average molecular weight is 223 g/mol. The molecule has 0 aliphatic carbocycles. The molecule has 0 saturated carbocycles. The van der Waals surface area contributed by atoms with E-state index in [-0.39, 0.29) is 11.9 Å². The lowest BCUT2D eigenvalue weighted by atomic mass is 10.3. The van der Waals surface area contributed by atoms with E-state index in [2.05, 4.69) is 19.9 Å². The summed E-state index contributed by atoms with van der Waals surface area (Å²) in [6.45, 7) is 0. The van der Waals surface area contributed by atoms with E-state index in [4.69, 9.17) is 23.1 Å². The molecule has 0 aliphatic heterocycles. The van der Waals surface area contributed by atoms with E-state index in [9.17, 15) is 0 Å². The first-order chi connectivity index (χ1) is 7.15. The Bertz CT molecular complexity index is 463. The molecule has 0 amide bonds. The van der Waals surface area contributed by atoms with Gasteiger partial charge in [0.25, 0.3) is 0 Å². The lowest BCUT2D eigenvalue weighted by molar-refractivity contribution is 1.07. The first-order valence-electron chi connectivity index (χ1n) is 4.04. The fourth-order valence-electron chi connectivity index (χ4n) is 1.03. The minimum Gasteiger partial charge on any atom is -0.368 e. The highest BCUT2D eigenvalue weighted by molar-refractivity contribution is 6.30. The molecule has 0 unspecified atom stereocenters. The van der Waals surface area contributed by atoms with Gasteiger partial charge in [0.05, 0.1) is 5.02 Å². The Balaban J connectivity index is 2.49. The Morgan fingerprint density at radius 1 is 1.00 bits per heavy atom. The fraction of sp³-hybridized carbons (Fsp3) is 0. The molecule has 4 N–H and O–H groups in total. The van der Waals surface area contributed by atoms with E-state index in [1.807, 2.05) is 0 Å². The molecule has 15 heavy (non-hydrogen) atoms. The van der Waals surface area contributed by atoms with Gasteiger partial charge in [-0.15, -0.1) is 0 Å². The van der Waals surface area contributed by atoms with Crippen LogP contribution in [0.4, 0.5) is 11.9 Å². The summed E-state index contributed by atoms with van der Waals surface area (Å²) in [7, 11) is 0. The van der Waals surface area contributed by atoms with Gasteiger partial charge in [0.1, 0.15) is 5.69 Å². The monoisotopic (exact) mass is 222 g/mol. The van der Waals surface area contributed by atoms with Gasteiger partial charge in [0, 0.05) is 6.20 Å². The molecule has 6 nitrogen and oxygen atoms in total. The van der Waals surface area contributed by atoms with Crippen LogP contribution in [0.1, 0.15) is 0 Å². The van der Waals surface area contributed by atoms with Crippen molar-refractivity contribution in [2.45, 2.75) is 0 Å². The minimum absolute atomic E-state index is 0.0641. The molecule has 0 spiro atoms. The summed E-state index contributed by atoms with van der Waals surface area (Å²) in [5.74, 6) is 0.458. The SMILES string of the molecule is Nc1nc(N)nc(-c2ccc(Cl)cn2)n1. The maximum Gasteiger partial charge on any atom is 0.225 e. The lowest BCUT2D eigenvalue weighted by Crippen LogP contribution is -2.04. The van der Waals surface area contributed by atoms with E-state index in [1.54, 1.807) is 12.1 Å². The summed E-state index contributed by atoms with van der Waals surface area (Å²) in [5, 5.41) is 0.536. The normalized spacial score (nSPS) is 10.2. The van der Waals surface area contributed by atoms with Gasteiger partial charge in [-0.05, 0) is 12.1 Å². The predicted molar refractivity (Wildman–Crippen MR) is 56.9 cm³/mol. The Morgan fingerprint density at radius 3 is 2.20 bits per heavy atom. The van der Waals surface area contributed by atoms with E-state index < -0.39 is 0 Å². The number of pyridine rings is 1. The van der Waals surface area contributed by atoms with Crippen LogP contribution >= 0.6 is 11.6 Å². The summed E-state index contributed by atoms with van der Waals surface area (Å²) in [6, 6.07) is 3.36. The highest BCUT2D eigenvalue weighted by Gasteiger charge is 2.05. The van der Waals surface area contributed by atoms with Gasteiger partial charge in [0.2, 0.25) is 11.9 Å². The van der Waals surface area contributed by atoms with Crippen molar-refractivity contribution in [1.82, 2.24) is 19.9 Å². The second-order valence-electron chi connectivity index (χ2n) is 2.74. The van der Waals surface area contributed by atoms with Crippen LogP contribution in [-0.4, -0.2) is 19.9 Å². The van der Waals surface area contributed by atoms with Crippen molar-refractivity contribution in [3.63, 3.8) is 0 Å². The lowest BCUT2D eigenvalue weighted by Gasteiger charge is -2.00. The highest BCUT2D eigenvalue weighted by atomic mass is 35.5. The number of nitrogens with zero attached hydrogens (tertiary/aromatic N) is 4. The molecule has 76 valence electrons. The number of nitrogen functional groups attached to an aromatic ring is 2. The molecular formula is C8H7ClN6. The van der Waals surface area contributed by atoms with E-state index >= 15 is 0 Å². The summed E-state index contributed by atoms with van der Waals surface area (Å²) in [6.07, 6.45) is 1.49. The molecule has 0 atom stereocenters. The van der Waals surface area contributed by atoms with E-state index in [0.717, 1.165) is 0 Å². The number of anilines is 2. The molecule has 7 heteroatoms. The molecule has 2 heterocycles. The van der Waals surface area contributed by atoms with Crippen LogP contribution in [0, 0.1) is 0 Å². The molecule has 0 aliphatic rings. The van der Waals surface area contributed by atoms with E-state index in [0.29, 0.717) is 16.5 Å². The average Bonchev–Trinajstić information content (AvgIpc) is 2.17. The maximum absolute atomic E-state index is 5.70. The van der Waals surface area contributed by atoms with Crippen molar-refractivity contribution in [2.24, 2.45) is 0 Å². The highest BCUT2D eigenvalue weighted by Crippen LogP contribution is 2.15. The maximum atomic E-state index is 5.70. The van der Waals surface area contributed by atoms with Crippen molar-refractivity contribution in [3.8, 4) is 11.5 Å². The first-order valence-corrected chi connectivity index (χ1v) is 4.42. The Kier molecular flexibility index (Phi) is 2.34. The quantitative estimate of drug-likeness (QED) is 0.738. The zero-order valence-corrected chi connectivity index (χ0v) is 8.31. The second kappa shape index (κ2) is 3.66. The van der Waals surface area contributed by atoms with Crippen LogP contribution in [0.2, 0.25) is 5.02 Å². The Morgan fingerprint density at radius 2 is 1.67 bits per heavy atom. The fourth-order valence-corrected chi connectivity index (χ4v) is 1.14. The van der Waals surface area contributed by atoms with Crippen LogP contribution in [0.25, 0.3) is 11.5 Å². The molecule has 0 radical (unpaired) electrons. The molecule has 0 fully saturated rings. The van der Waals surface area contributed by atoms with Crippen molar-refractivity contribution in [1.29, 1.82) is 0 Å². The van der Waals surface area contributed by atoms with Gasteiger partial charge in [-0.2, -0.15) is 15.0 Å². The van der Waals surface area contributed by atoms with Crippen molar-refractivity contribution < 1.29 is 0 Å². The molecule has 0 saturated heterocycles. The van der Waals surface area contributed by atoms with Crippen LogP contribution in [0.15, 0.2) is 18.3 Å². The topological polar surface area (TPSA) is 104 Å². The number of halogens is 1. The Hall–Kier alpha value is -1.95. The molecule has 2 rings (SSSR count). The zero-order valence-electron chi connectivity index (χ0n) is 7.55. The summed E-state index contributed by atoms with van der Waals surface area (Å²) < 4.78 is 0. The van der Waals surface area contributed by atoms with Crippen LogP contribution in [0.5, 0.6) is 0 Å². The zero-order chi connectivity index (χ0) is 10.8. The minimum atomic E-state index is 0.0641. The van der Waals surface area contributed by atoms with Crippen LogP contribution in [-0.2, 0) is 0 Å². The molecule has 2 aromatic rings. The first kappa shape index (κ1) is 9.60. The molecule has 0 aromatic carbocycles. The van der Waals surface area contributed by atoms with Gasteiger partial charge >= 0.3 is 0 Å². The largest absolute Gasteiger partial charge is 0.368 e. The van der Waals surface area contributed by atoms with Gasteiger partial charge in [-0.3, -0.25) is 4.98 Å². The summed E-state index contributed by atoms with van der Waals surface area (Å²) >= 11 is 5.70. The second-order valence-corrected chi connectivity index (χ2v) is 3.17. The van der Waals surface area contributed by atoms with Gasteiger partial charge in [-0.1, -0.05) is 11.6 Å². The standard InChI is InChI=1S/C8H7ClN6/c9-4-1-2-5(12-3-4)6-13-7(10)15-8(11)14-6/h1-3H,(H4,10,11,13,14,15). The van der Waals surface area contributed by atoms with Crippen LogP contribution < -0.4 is 11.5 Å². The number of rotatable bonds is 1. The summed E-state index contributed by atoms with van der Waals surface area (Å²) in [4.78, 5) is 15.5. The number of aromatic nitrogens is 4. The predicted octanol–water partition coefficient (Wildman–Crippen LogP) is 0.751. The van der Waals surface area contributed by atoms with Crippen LogP contribution in [0.3, 0.4) is 0 Å².